The summed E-state index contributed by atoms with van der Waals surface area (Å²) in [6, 6.07) is 15.7. The van der Waals surface area contributed by atoms with Crippen LogP contribution in [0.2, 0.25) is 0 Å². The van der Waals surface area contributed by atoms with Gasteiger partial charge >= 0.3 is 10.3 Å². The number of carbonyl (C=O) groups excluding carboxylic acids is 1. The van der Waals surface area contributed by atoms with Gasteiger partial charge in [-0.1, -0.05) is 42.5 Å². The number of rotatable bonds is 4. The van der Waals surface area contributed by atoms with Crippen LogP contribution in [0.25, 0.3) is 0 Å². The second-order valence-corrected chi connectivity index (χ2v) is 6.80. The molecule has 3 rings (SSSR count). The van der Waals surface area contributed by atoms with Crippen LogP contribution in [0.1, 0.15) is 30.5 Å². The molecule has 0 spiro atoms. The maximum absolute atomic E-state index is 12.0. The zero-order chi connectivity index (χ0) is 18.0. The molecule has 0 aromatic heterocycles. The van der Waals surface area contributed by atoms with Gasteiger partial charge < -0.3 is 4.18 Å². The minimum atomic E-state index is -4.11. The van der Waals surface area contributed by atoms with Gasteiger partial charge in [-0.15, -0.1) is 0 Å². The van der Waals surface area contributed by atoms with Crippen LogP contribution in [0.4, 0.5) is 0 Å². The summed E-state index contributed by atoms with van der Waals surface area (Å²) >= 11 is 0. The van der Waals surface area contributed by atoms with Crippen molar-refractivity contribution in [1.82, 2.24) is 5.01 Å². The maximum atomic E-state index is 12.0. The molecule has 2 N–H and O–H groups in total. The number of nitrogens with zero attached hydrogens (tertiary/aromatic N) is 2. The Labute approximate surface area is 146 Å². The molecule has 1 heterocycles. The Kier molecular flexibility index (Phi) is 4.56. The molecule has 25 heavy (non-hydrogen) atoms. The number of amides is 1. The van der Waals surface area contributed by atoms with E-state index < -0.39 is 10.3 Å². The van der Waals surface area contributed by atoms with E-state index in [-0.39, 0.29) is 17.7 Å². The molecule has 7 nitrogen and oxygen atoms in total. The van der Waals surface area contributed by atoms with E-state index in [1.54, 1.807) is 18.2 Å². The number of nitrogens with two attached hydrogens (primary N) is 1. The lowest BCUT2D eigenvalue weighted by molar-refractivity contribution is -0.130. The summed E-state index contributed by atoms with van der Waals surface area (Å²) in [5.41, 5.74) is 2.44. The number of benzene rings is 2. The molecule has 1 amide bonds. The van der Waals surface area contributed by atoms with Crippen molar-refractivity contribution >= 4 is 21.9 Å². The molecule has 0 saturated carbocycles. The SMILES string of the molecule is CC(=O)N1N=C(c2ccccc2)CC1c1cccc(OS(N)(=O)=O)c1. The second-order valence-electron chi connectivity index (χ2n) is 5.64. The average molecular weight is 359 g/mol. The van der Waals surface area contributed by atoms with Gasteiger partial charge in [0.25, 0.3) is 0 Å². The third kappa shape index (κ3) is 4.04. The molecule has 1 unspecified atom stereocenters. The van der Waals surface area contributed by atoms with Gasteiger partial charge in [-0.05, 0) is 23.3 Å². The van der Waals surface area contributed by atoms with Crippen LogP contribution < -0.4 is 9.32 Å². The summed E-state index contributed by atoms with van der Waals surface area (Å²) in [6.07, 6.45) is 0.516. The number of hydrogen-bond acceptors (Lipinski definition) is 5. The van der Waals surface area contributed by atoms with E-state index in [2.05, 4.69) is 5.10 Å². The van der Waals surface area contributed by atoms with E-state index in [1.807, 2.05) is 30.3 Å². The molecule has 2 aromatic rings. The van der Waals surface area contributed by atoms with Gasteiger partial charge in [0.05, 0.1) is 11.8 Å². The van der Waals surface area contributed by atoms with E-state index in [1.165, 1.54) is 18.0 Å². The summed E-state index contributed by atoms with van der Waals surface area (Å²) < 4.78 is 26.9. The van der Waals surface area contributed by atoms with Crippen molar-refractivity contribution in [2.24, 2.45) is 10.2 Å². The Morgan fingerprint density at radius 2 is 1.92 bits per heavy atom. The lowest BCUT2D eigenvalue weighted by atomic mass is 9.98. The van der Waals surface area contributed by atoms with Crippen LogP contribution in [-0.2, 0) is 15.1 Å². The largest absolute Gasteiger partial charge is 0.380 e. The Bertz CT molecular complexity index is 926. The summed E-state index contributed by atoms with van der Waals surface area (Å²) in [7, 11) is -4.11. The van der Waals surface area contributed by atoms with Crippen molar-refractivity contribution < 1.29 is 17.4 Å². The second kappa shape index (κ2) is 6.66. The minimum Gasteiger partial charge on any atom is -0.371 e. The lowest BCUT2D eigenvalue weighted by Gasteiger charge is -2.20. The summed E-state index contributed by atoms with van der Waals surface area (Å²) in [6.45, 7) is 1.44. The van der Waals surface area contributed by atoms with Crippen molar-refractivity contribution in [1.29, 1.82) is 0 Å². The topological polar surface area (TPSA) is 102 Å². The van der Waals surface area contributed by atoms with E-state index in [0.29, 0.717) is 12.0 Å². The highest BCUT2D eigenvalue weighted by Gasteiger charge is 2.31. The Hall–Kier alpha value is -2.71. The van der Waals surface area contributed by atoms with Crippen molar-refractivity contribution in [3.63, 3.8) is 0 Å². The van der Waals surface area contributed by atoms with E-state index in [9.17, 15) is 13.2 Å². The molecule has 1 aliphatic rings. The summed E-state index contributed by atoms with van der Waals surface area (Å²) in [4.78, 5) is 12.0. The lowest BCUT2D eigenvalue weighted by Crippen LogP contribution is -2.24. The molecule has 0 aliphatic carbocycles. The quantitative estimate of drug-likeness (QED) is 0.901. The van der Waals surface area contributed by atoms with Gasteiger partial charge in [-0.3, -0.25) is 4.79 Å². The number of hydrazone groups is 1. The smallest absolute Gasteiger partial charge is 0.371 e. The first-order valence-electron chi connectivity index (χ1n) is 7.58. The third-order valence-electron chi connectivity index (χ3n) is 3.80. The van der Waals surface area contributed by atoms with Crippen LogP contribution in [-0.4, -0.2) is 25.0 Å². The molecule has 130 valence electrons. The van der Waals surface area contributed by atoms with Gasteiger partial charge in [0.15, 0.2) is 0 Å². The van der Waals surface area contributed by atoms with E-state index in [0.717, 1.165) is 11.3 Å². The Morgan fingerprint density at radius 3 is 2.56 bits per heavy atom. The molecule has 0 radical (unpaired) electrons. The predicted octanol–water partition coefficient (Wildman–Crippen LogP) is 1.97. The molecule has 1 atom stereocenters. The molecule has 8 heteroatoms. The van der Waals surface area contributed by atoms with Gasteiger partial charge in [0, 0.05) is 13.3 Å². The fourth-order valence-electron chi connectivity index (χ4n) is 2.77. The highest BCUT2D eigenvalue weighted by Crippen LogP contribution is 2.34. The maximum Gasteiger partial charge on any atom is 0.380 e. The molecule has 0 bridgehead atoms. The van der Waals surface area contributed by atoms with Crippen LogP contribution >= 0.6 is 0 Å². The first kappa shape index (κ1) is 17.1. The van der Waals surface area contributed by atoms with Crippen molar-refractivity contribution in [2.45, 2.75) is 19.4 Å². The van der Waals surface area contributed by atoms with E-state index >= 15 is 0 Å². The summed E-state index contributed by atoms with van der Waals surface area (Å²) in [5.74, 6) is -0.106. The van der Waals surface area contributed by atoms with Gasteiger partial charge in [-0.25, -0.2) is 5.01 Å². The van der Waals surface area contributed by atoms with E-state index in [4.69, 9.17) is 9.32 Å². The van der Waals surface area contributed by atoms with Gasteiger partial charge in [0.1, 0.15) is 5.75 Å². The van der Waals surface area contributed by atoms with Crippen molar-refractivity contribution in [2.75, 3.05) is 0 Å². The zero-order valence-electron chi connectivity index (χ0n) is 13.5. The van der Waals surface area contributed by atoms with Crippen LogP contribution in [0.15, 0.2) is 59.7 Å². The molecule has 0 saturated heterocycles. The van der Waals surface area contributed by atoms with Crippen LogP contribution in [0, 0.1) is 0 Å². The van der Waals surface area contributed by atoms with Crippen LogP contribution in [0.5, 0.6) is 5.75 Å². The highest BCUT2D eigenvalue weighted by molar-refractivity contribution is 7.84. The first-order chi connectivity index (χ1) is 11.8. The number of carbonyl (C=O) groups is 1. The minimum absolute atomic E-state index is 0.0941. The monoisotopic (exact) mass is 359 g/mol. The summed E-state index contributed by atoms with van der Waals surface area (Å²) in [5, 5.41) is 10.7. The Morgan fingerprint density at radius 1 is 1.20 bits per heavy atom. The molecular weight excluding hydrogens is 342 g/mol. The normalized spacial score (nSPS) is 17.3. The molecule has 2 aromatic carbocycles. The van der Waals surface area contributed by atoms with Gasteiger partial charge in [-0.2, -0.15) is 18.7 Å². The highest BCUT2D eigenvalue weighted by atomic mass is 32.2. The molecular formula is C17H17N3O4S. The van der Waals surface area contributed by atoms with Crippen molar-refractivity contribution in [3.05, 3.63) is 65.7 Å². The Balaban J connectivity index is 1.92. The average Bonchev–Trinajstić information content (AvgIpc) is 3.00. The molecule has 1 aliphatic heterocycles. The fourth-order valence-corrected chi connectivity index (χ4v) is 3.14. The van der Waals surface area contributed by atoms with Gasteiger partial charge in [0.2, 0.25) is 5.91 Å². The van der Waals surface area contributed by atoms with Crippen LogP contribution in [0.3, 0.4) is 0 Å². The van der Waals surface area contributed by atoms with Crippen molar-refractivity contribution in [3.8, 4) is 5.75 Å². The number of hydrogen-bond donors (Lipinski definition) is 1. The zero-order valence-corrected chi connectivity index (χ0v) is 14.3. The first-order valence-corrected chi connectivity index (χ1v) is 9.05. The third-order valence-corrected chi connectivity index (χ3v) is 4.22. The standard InChI is InChI=1S/C17H17N3O4S/c1-12(21)20-17(11-16(19-20)13-6-3-2-4-7-13)14-8-5-9-15(10-14)24-25(18,22)23/h2-10,17H,11H2,1H3,(H2,18,22,23). The molecule has 0 fully saturated rings. The predicted molar refractivity (Wildman–Crippen MR) is 93.0 cm³/mol. The fraction of sp³-hybridized carbons (Fsp3) is 0.176.